The summed E-state index contributed by atoms with van der Waals surface area (Å²) in [6, 6.07) is 13.2. The number of aliphatic imine (C=N–C) groups is 1. The first-order valence-electron chi connectivity index (χ1n) is 6.90. The van der Waals surface area contributed by atoms with E-state index in [0.717, 1.165) is 11.6 Å². The number of hydrogen-bond donors (Lipinski definition) is 1. The van der Waals surface area contributed by atoms with Gasteiger partial charge in [0.15, 0.2) is 0 Å². The molecule has 2 aromatic rings. The van der Waals surface area contributed by atoms with Gasteiger partial charge in [-0.15, -0.1) is 11.8 Å². The zero-order valence-electron chi connectivity index (χ0n) is 12.4. The van der Waals surface area contributed by atoms with Gasteiger partial charge in [0, 0.05) is 5.75 Å². The lowest BCUT2D eigenvalue weighted by Crippen LogP contribution is -2.16. The number of hydrogen-bond acceptors (Lipinski definition) is 6. The van der Waals surface area contributed by atoms with Crippen LogP contribution in [0.15, 0.2) is 57.2 Å². The molecule has 0 bridgehead atoms. The Balaban J connectivity index is 1.68. The first kappa shape index (κ1) is 17.6. The highest BCUT2D eigenvalue weighted by Crippen LogP contribution is 2.40. The summed E-state index contributed by atoms with van der Waals surface area (Å²) in [7, 11) is -3.86. The fraction of sp³-hybridized carbons (Fsp3) is 0.133. The van der Waals surface area contributed by atoms with Crippen molar-refractivity contribution in [2.45, 2.75) is 15.5 Å². The third kappa shape index (κ3) is 4.25. The highest BCUT2D eigenvalue weighted by atomic mass is 35.5. The molecule has 1 aliphatic rings. The summed E-state index contributed by atoms with van der Waals surface area (Å²) < 4.78 is 25.1. The van der Waals surface area contributed by atoms with Crippen LogP contribution in [0.1, 0.15) is 5.56 Å². The first-order chi connectivity index (χ1) is 11.4. The number of nitrogens with two attached hydrogens (primary N) is 1. The molecule has 2 N–H and O–H groups in total. The number of fused-ring (bicyclic) bond motifs is 1. The Morgan fingerprint density at radius 3 is 2.71 bits per heavy atom. The van der Waals surface area contributed by atoms with Gasteiger partial charge < -0.3 is 0 Å². The first-order valence-corrected chi connectivity index (χ1v) is 10.8. The number of halogens is 1. The molecule has 0 unspecified atom stereocenters. The third-order valence-corrected chi connectivity index (χ3v) is 6.71. The van der Waals surface area contributed by atoms with Gasteiger partial charge in [-0.25, -0.2) is 18.5 Å². The van der Waals surface area contributed by atoms with Gasteiger partial charge in [0.2, 0.25) is 10.0 Å². The monoisotopic (exact) mass is 399 g/mol. The van der Waals surface area contributed by atoms with E-state index in [1.807, 2.05) is 22.5 Å². The average molecular weight is 400 g/mol. The predicted molar refractivity (Wildman–Crippen MR) is 101 cm³/mol. The highest BCUT2D eigenvalue weighted by molar-refractivity contribution is 8.01. The van der Waals surface area contributed by atoms with Crippen LogP contribution in [0.2, 0.25) is 5.02 Å². The number of nitrogens with zero attached hydrogens (tertiary/aromatic N) is 2. The molecular formula is C15H14ClN3O2S3. The molecule has 0 aromatic heterocycles. The molecule has 0 fully saturated rings. The maximum absolute atomic E-state index is 11.6. The van der Waals surface area contributed by atoms with Crippen LogP contribution in [-0.4, -0.2) is 24.9 Å². The van der Waals surface area contributed by atoms with Gasteiger partial charge in [-0.2, -0.15) is 0 Å². The number of benzene rings is 2. The molecule has 24 heavy (non-hydrogen) atoms. The summed E-state index contributed by atoms with van der Waals surface area (Å²) in [4.78, 5) is 4.97. The number of sulfonamides is 1. The van der Waals surface area contributed by atoms with Crippen LogP contribution in [-0.2, 0) is 15.8 Å². The van der Waals surface area contributed by atoms with Crippen molar-refractivity contribution in [2.24, 2.45) is 10.1 Å². The summed E-state index contributed by atoms with van der Waals surface area (Å²) >= 11 is 9.13. The Hall–Kier alpha value is -1.19. The molecular weight excluding hydrogens is 386 g/mol. The normalized spacial score (nSPS) is 13.8. The SMILES string of the molecule is NS(=O)(=O)c1cc2c(cc1Cl)N=CN(CSCc1ccccc1)S2. The van der Waals surface area contributed by atoms with E-state index >= 15 is 0 Å². The fourth-order valence-corrected chi connectivity index (χ4v) is 5.17. The van der Waals surface area contributed by atoms with Gasteiger partial charge >= 0.3 is 0 Å². The molecule has 2 aromatic carbocycles. The minimum atomic E-state index is -3.86. The second kappa shape index (κ2) is 7.37. The van der Waals surface area contributed by atoms with E-state index in [4.69, 9.17) is 16.7 Å². The summed E-state index contributed by atoms with van der Waals surface area (Å²) in [5.41, 5.74) is 1.90. The maximum atomic E-state index is 11.6. The Labute approximate surface area is 154 Å². The number of primary sulfonamides is 1. The van der Waals surface area contributed by atoms with E-state index in [0.29, 0.717) is 10.6 Å². The topological polar surface area (TPSA) is 75.8 Å². The standard InChI is InChI=1S/C15H14ClN3O2S3/c16-12-6-13-14(7-15(12)24(17,20)21)23-19(9-18-13)10-22-8-11-4-2-1-3-5-11/h1-7,9H,8,10H2,(H2,17,20,21). The lowest BCUT2D eigenvalue weighted by atomic mass is 10.2. The lowest BCUT2D eigenvalue weighted by molar-refractivity contribution is 0.597. The molecule has 9 heteroatoms. The molecule has 0 amide bonds. The van der Waals surface area contributed by atoms with Gasteiger partial charge in [-0.3, -0.25) is 4.31 Å². The summed E-state index contributed by atoms with van der Waals surface area (Å²) in [6.07, 6.45) is 1.72. The molecule has 0 radical (unpaired) electrons. The van der Waals surface area contributed by atoms with Crippen molar-refractivity contribution < 1.29 is 8.42 Å². The molecule has 126 valence electrons. The molecule has 3 rings (SSSR count). The third-order valence-electron chi connectivity index (χ3n) is 3.19. The molecule has 0 spiro atoms. The molecule has 0 saturated heterocycles. The van der Waals surface area contributed by atoms with Crippen molar-refractivity contribution >= 4 is 57.4 Å². The van der Waals surface area contributed by atoms with Crippen LogP contribution >= 0.6 is 35.3 Å². The smallest absolute Gasteiger partial charge is 0.239 e. The molecule has 0 saturated carbocycles. The second-order valence-electron chi connectivity index (χ2n) is 5.01. The lowest BCUT2D eigenvalue weighted by Gasteiger charge is -2.23. The Morgan fingerprint density at radius 1 is 1.25 bits per heavy atom. The van der Waals surface area contributed by atoms with Crippen LogP contribution < -0.4 is 5.14 Å². The van der Waals surface area contributed by atoms with Gasteiger partial charge in [-0.05, 0) is 29.6 Å². The summed E-state index contributed by atoms with van der Waals surface area (Å²) in [5.74, 6) is 1.61. The Kier molecular flexibility index (Phi) is 5.41. The molecule has 0 aliphatic carbocycles. The van der Waals surface area contributed by atoms with Crippen LogP contribution in [0.25, 0.3) is 0 Å². The van der Waals surface area contributed by atoms with E-state index in [2.05, 4.69) is 17.1 Å². The van der Waals surface area contributed by atoms with E-state index in [1.165, 1.54) is 29.6 Å². The quantitative estimate of drug-likeness (QED) is 0.772. The highest BCUT2D eigenvalue weighted by Gasteiger charge is 2.20. The maximum Gasteiger partial charge on any atom is 0.239 e. The zero-order chi connectivity index (χ0) is 17.2. The van der Waals surface area contributed by atoms with Crippen molar-refractivity contribution in [2.75, 3.05) is 5.88 Å². The summed E-state index contributed by atoms with van der Waals surface area (Å²) in [5, 5.41) is 5.28. The van der Waals surface area contributed by atoms with Gasteiger partial charge in [-0.1, -0.05) is 41.9 Å². The average Bonchev–Trinajstić information content (AvgIpc) is 2.54. The van der Waals surface area contributed by atoms with Crippen molar-refractivity contribution in [1.29, 1.82) is 0 Å². The van der Waals surface area contributed by atoms with E-state index < -0.39 is 10.0 Å². The molecule has 0 atom stereocenters. The van der Waals surface area contributed by atoms with Crippen molar-refractivity contribution in [3.05, 3.63) is 53.1 Å². The molecule has 1 heterocycles. The predicted octanol–water partition coefficient (Wildman–Crippen LogP) is 3.86. The number of thioether (sulfide) groups is 1. The van der Waals surface area contributed by atoms with E-state index in [-0.39, 0.29) is 9.92 Å². The number of rotatable bonds is 5. The van der Waals surface area contributed by atoms with Gasteiger partial charge in [0.1, 0.15) is 11.2 Å². The fourth-order valence-electron chi connectivity index (χ4n) is 2.08. The second-order valence-corrected chi connectivity index (χ2v) is 9.00. The van der Waals surface area contributed by atoms with Crippen molar-refractivity contribution in [3.63, 3.8) is 0 Å². The van der Waals surface area contributed by atoms with Crippen molar-refractivity contribution in [3.8, 4) is 0 Å². The molecule has 1 aliphatic heterocycles. The zero-order valence-corrected chi connectivity index (χ0v) is 15.6. The van der Waals surface area contributed by atoms with Crippen LogP contribution in [0.5, 0.6) is 0 Å². The van der Waals surface area contributed by atoms with E-state index in [1.54, 1.807) is 18.1 Å². The van der Waals surface area contributed by atoms with Gasteiger partial charge in [0.25, 0.3) is 0 Å². The largest absolute Gasteiger partial charge is 0.292 e. The van der Waals surface area contributed by atoms with Gasteiger partial charge in [0.05, 0.1) is 21.5 Å². The van der Waals surface area contributed by atoms with Crippen LogP contribution in [0, 0.1) is 0 Å². The minimum absolute atomic E-state index is 0.0793. The Morgan fingerprint density at radius 2 is 2.00 bits per heavy atom. The van der Waals surface area contributed by atoms with Crippen LogP contribution in [0.3, 0.4) is 0 Å². The Bertz CT molecular complexity index is 873. The van der Waals surface area contributed by atoms with E-state index in [9.17, 15) is 8.42 Å². The minimum Gasteiger partial charge on any atom is -0.292 e. The summed E-state index contributed by atoms with van der Waals surface area (Å²) in [6.45, 7) is 0. The van der Waals surface area contributed by atoms with Crippen LogP contribution in [0.4, 0.5) is 5.69 Å². The molecule has 5 nitrogen and oxygen atoms in total. The van der Waals surface area contributed by atoms with Crippen molar-refractivity contribution in [1.82, 2.24) is 4.31 Å².